The minimum Gasteiger partial charge on any atom is -0.324 e. The van der Waals surface area contributed by atoms with Crippen LogP contribution in [0.1, 0.15) is 15.9 Å². The number of nitrogens with zero attached hydrogens (tertiary/aromatic N) is 3. The molecule has 0 radical (unpaired) electrons. The smallest absolute Gasteiger partial charge is 0.255 e. The summed E-state index contributed by atoms with van der Waals surface area (Å²) >= 11 is 3.37. The van der Waals surface area contributed by atoms with Crippen LogP contribution in [0.2, 0.25) is 0 Å². The number of aromatic nitrogens is 3. The van der Waals surface area contributed by atoms with E-state index in [1.807, 2.05) is 61.5 Å². The summed E-state index contributed by atoms with van der Waals surface area (Å²) in [6.07, 6.45) is 3.42. The third-order valence-corrected chi connectivity index (χ3v) is 4.96. The van der Waals surface area contributed by atoms with Gasteiger partial charge in [0.05, 0.1) is 11.4 Å². The van der Waals surface area contributed by atoms with Gasteiger partial charge in [-0.1, -0.05) is 28.1 Å². The topological polar surface area (TPSA) is 79.8 Å². The predicted molar refractivity (Wildman–Crippen MR) is 122 cm³/mol. The Morgan fingerprint density at radius 1 is 0.900 bits per heavy atom. The molecule has 2 heterocycles. The minimum absolute atomic E-state index is 0.175. The van der Waals surface area contributed by atoms with Crippen LogP contribution >= 0.6 is 15.9 Å². The fourth-order valence-corrected chi connectivity index (χ4v) is 3.10. The van der Waals surface area contributed by atoms with Gasteiger partial charge in [0.1, 0.15) is 0 Å². The fourth-order valence-electron chi connectivity index (χ4n) is 2.84. The first-order valence-electron chi connectivity index (χ1n) is 9.27. The Hall–Kier alpha value is -3.58. The van der Waals surface area contributed by atoms with Gasteiger partial charge in [0.15, 0.2) is 0 Å². The van der Waals surface area contributed by atoms with E-state index in [1.54, 1.807) is 24.5 Å². The Balaban J connectivity index is 1.54. The fraction of sp³-hybridized carbons (Fsp3) is 0.0435. The van der Waals surface area contributed by atoms with E-state index in [2.05, 4.69) is 41.5 Å². The van der Waals surface area contributed by atoms with Gasteiger partial charge in [-0.3, -0.25) is 9.78 Å². The molecule has 30 heavy (non-hydrogen) atoms. The molecule has 0 bridgehead atoms. The first-order chi connectivity index (χ1) is 14.6. The molecule has 4 aromatic rings. The maximum atomic E-state index is 12.5. The molecule has 0 atom stereocenters. The maximum Gasteiger partial charge on any atom is 0.255 e. The van der Waals surface area contributed by atoms with Crippen molar-refractivity contribution in [1.82, 2.24) is 15.0 Å². The van der Waals surface area contributed by atoms with Crippen molar-refractivity contribution < 1.29 is 4.79 Å². The Bertz CT molecular complexity index is 1180. The van der Waals surface area contributed by atoms with Gasteiger partial charge in [0, 0.05) is 33.8 Å². The van der Waals surface area contributed by atoms with Crippen LogP contribution < -0.4 is 10.6 Å². The molecule has 0 saturated carbocycles. The Morgan fingerprint density at radius 3 is 2.50 bits per heavy atom. The molecule has 6 nitrogen and oxygen atoms in total. The highest BCUT2D eigenvalue weighted by Crippen LogP contribution is 2.24. The number of nitrogens with one attached hydrogen (secondary N) is 2. The van der Waals surface area contributed by atoms with E-state index in [0.717, 1.165) is 27.1 Å². The molecule has 0 spiro atoms. The highest BCUT2D eigenvalue weighted by Gasteiger charge is 2.09. The summed E-state index contributed by atoms with van der Waals surface area (Å²) in [4.78, 5) is 25.7. The maximum absolute atomic E-state index is 12.5. The molecule has 4 rings (SSSR count). The summed E-state index contributed by atoms with van der Waals surface area (Å²) in [6.45, 7) is 1.98. The highest BCUT2D eigenvalue weighted by atomic mass is 79.9. The number of pyridine rings is 1. The van der Waals surface area contributed by atoms with E-state index >= 15 is 0 Å². The number of hydrogen-bond acceptors (Lipinski definition) is 5. The van der Waals surface area contributed by atoms with Crippen LogP contribution in [0, 0.1) is 6.92 Å². The Kier molecular flexibility index (Phi) is 5.81. The molecule has 0 fully saturated rings. The highest BCUT2D eigenvalue weighted by molar-refractivity contribution is 9.10. The number of anilines is 3. The van der Waals surface area contributed by atoms with E-state index in [-0.39, 0.29) is 5.91 Å². The van der Waals surface area contributed by atoms with Gasteiger partial charge in [0.25, 0.3) is 5.91 Å². The SMILES string of the molecule is Cc1ccc(NC(=O)c2ccc(Br)cc2)cc1Nc1nccc(-c2ccccn2)n1. The van der Waals surface area contributed by atoms with Crippen LogP contribution in [0.4, 0.5) is 17.3 Å². The lowest BCUT2D eigenvalue weighted by Crippen LogP contribution is -2.12. The average Bonchev–Trinajstić information content (AvgIpc) is 2.77. The van der Waals surface area contributed by atoms with E-state index in [4.69, 9.17) is 0 Å². The van der Waals surface area contributed by atoms with Gasteiger partial charge in [-0.15, -0.1) is 0 Å². The van der Waals surface area contributed by atoms with Crippen LogP contribution in [0.25, 0.3) is 11.4 Å². The molecule has 0 unspecified atom stereocenters. The van der Waals surface area contributed by atoms with E-state index < -0.39 is 0 Å². The second-order valence-electron chi connectivity index (χ2n) is 6.60. The largest absolute Gasteiger partial charge is 0.324 e. The molecule has 7 heteroatoms. The van der Waals surface area contributed by atoms with Crippen molar-refractivity contribution in [3.05, 3.63) is 94.7 Å². The van der Waals surface area contributed by atoms with Gasteiger partial charge in [-0.05, 0) is 67.1 Å². The first kappa shape index (κ1) is 19.7. The number of amides is 1. The third kappa shape index (κ3) is 4.69. The summed E-state index contributed by atoms with van der Waals surface area (Å²) in [5, 5.41) is 6.16. The van der Waals surface area contributed by atoms with E-state index in [1.165, 1.54) is 0 Å². The summed E-state index contributed by atoms with van der Waals surface area (Å²) < 4.78 is 0.925. The number of rotatable bonds is 5. The zero-order valence-electron chi connectivity index (χ0n) is 16.1. The normalized spacial score (nSPS) is 10.5. The average molecular weight is 460 g/mol. The third-order valence-electron chi connectivity index (χ3n) is 4.43. The summed E-state index contributed by atoms with van der Waals surface area (Å²) in [7, 11) is 0. The second-order valence-corrected chi connectivity index (χ2v) is 7.51. The monoisotopic (exact) mass is 459 g/mol. The zero-order chi connectivity index (χ0) is 20.9. The number of hydrogen-bond donors (Lipinski definition) is 2. The Morgan fingerprint density at radius 2 is 1.73 bits per heavy atom. The lowest BCUT2D eigenvalue weighted by atomic mass is 10.1. The molecule has 0 aliphatic rings. The molecule has 1 amide bonds. The molecular weight excluding hydrogens is 442 g/mol. The number of aryl methyl sites for hydroxylation is 1. The van der Waals surface area contributed by atoms with Crippen LogP contribution in [-0.4, -0.2) is 20.9 Å². The lowest BCUT2D eigenvalue weighted by Gasteiger charge is -2.12. The predicted octanol–water partition coefficient (Wildman–Crippen LogP) is 5.61. The van der Waals surface area contributed by atoms with Crippen molar-refractivity contribution in [1.29, 1.82) is 0 Å². The molecule has 0 saturated heterocycles. The quantitative estimate of drug-likeness (QED) is 0.405. The Labute approximate surface area is 182 Å². The second kappa shape index (κ2) is 8.84. The van der Waals surface area contributed by atoms with Crippen LogP contribution in [-0.2, 0) is 0 Å². The molecular formula is C23H18BrN5O. The van der Waals surface area contributed by atoms with Gasteiger partial charge in [-0.25, -0.2) is 9.97 Å². The van der Waals surface area contributed by atoms with E-state index in [0.29, 0.717) is 17.2 Å². The molecule has 2 N–H and O–H groups in total. The number of carbonyl (C=O) groups excluding carboxylic acids is 1. The minimum atomic E-state index is -0.175. The molecule has 2 aromatic heterocycles. The molecule has 0 aliphatic carbocycles. The van der Waals surface area contributed by atoms with Crippen molar-refractivity contribution in [3.63, 3.8) is 0 Å². The molecule has 2 aromatic carbocycles. The van der Waals surface area contributed by atoms with Crippen molar-refractivity contribution in [2.24, 2.45) is 0 Å². The zero-order valence-corrected chi connectivity index (χ0v) is 17.7. The number of halogens is 1. The van der Waals surface area contributed by atoms with Gasteiger partial charge in [-0.2, -0.15) is 0 Å². The molecule has 0 aliphatic heterocycles. The van der Waals surface area contributed by atoms with Crippen molar-refractivity contribution in [3.8, 4) is 11.4 Å². The van der Waals surface area contributed by atoms with E-state index in [9.17, 15) is 4.79 Å². The van der Waals surface area contributed by atoms with Gasteiger partial charge < -0.3 is 10.6 Å². The standard InChI is InChI=1S/C23H18BrN5O/c1-15-5-10-18(27-22(30)16-6-8-17(24)9-7-16)14-21(15)29-23-26-13-11-20(28-23)19-4-2-3-12-25-19/h2-14H,1H3,(H,27,30)(H,26,28,29). The van der Waals surface area contributed by atoms with Crippen molar-refractivity contribution in [2.75, 3.05) is 10.6 Å². The number of carbonyl (C=O) groups is 1. The first-order valence-corrected chi connectivity index (χ1v) is 10.1. The summed E-state index contributed by atoms with van der Waals surface area (Å²) in [5.41, 5.74) is 4.57. The summed E-state index contributed by atoms with van der Waals surface area (Å²) in [5.74, 6) is 0.281. The molecule has 148 valence electrons. The van der Waals surface area contributed by atoms with Gasteiger partial charge in [0.2, 0.25) is 5.95 Å². The van der Waals surface area contributed by atoms with Crippen LogP contribution in [0.15, 0.2) is 83.6 Å². The van der Waals surface area contributed by atoms with Gasteiger partial charge >= 0.3 is 0 Å². The van der Waals surface area contributed by atoms with Crippen LogP contribution in [0.3, 0.4) is 0 Å². The van der Waals surface area contributed by atoms with Crippen molar-refractivity contribution >= 4 is 39.2 Å². The van der Waals surface area contributed by atoms with Crippen LogP contribution in [0.5, 0.6) is 0 Å². The number of benzene rings is 2. The summed E-state index contributed by atoms with van der Waals surface area (Å²) in [6, 6.07) is 20.4. The van der Waals surface area contributed by atoms with Crippen molar-refractivity contribution in [2.45, 2.75) is 6.92 Å². The lowest BCUT2D eigenvalue weighted by molar-refractivity contribution is 0.102.